The zero-order valence-electron chi connectivity index (χ0n) is 26.7. The number of cyclic esters (lactones) is 1. The predicted molar refractivity (Wildman–Crippen MR) is 168 cm³/mol. The molecule has 3 aliphatic rings. The summed E-state index contributed by atoms with van der Waals surface area (Å²) in [7, 11) is 0. The molecule has 10 nitrogen and oxygen atoms in total. The molecule has 1 aromatic carbocycles. The van der Waals surface area contributed by atoms with Gasteiger partial charge in [-0.05, 0) is 101 Å². The normalized spacial score (nSPS) is 20.6. The summed E-state index contributed by atoms with van der Waals surface area (Å²) in [6.07, 6.45) is 3.91. The second kappa shape index (κ2) is 11.9. The van der Waals surface area contributed by atoms with Gasteiger partial charge in [-0.25, -0.2) is 9.78 Å². The van der Waals surface area contributed by atoms with Crippen LogP contribution in [-0.4, -0.2) is 39.7 Å². The van der Waals surface area contributed by atoms with Gasteiger partial charge in [-0.3, -0.25) is 14.4 Å². The highest BCUT2D eigenvalue weighted by molar-refractivity contribution is 5.90. The quantitative estimate of drug-likeness (QED) is 0.214. The van der Waals surface area contributed by atoms with Crippen molar-refractivity contribution >= 4 is 28.9 Å². The lowest BCUT2D eigenvalue weighted by Gasteiger charge is -2.28. The van der Waals surface area contributed by atoms with Crippen LogP contribution in [0.2, 0.25) is 0 Å². The number of carbonyl (C=O) groups excluding carboxylic acids is 3. The van der Waals surface area contributed by atoms with Crippen LogP contribution in [0.25, 0.3) is 22.3 Å². The van der Waals surface area contributed by atoms with Crippen LogP contribution < -0.4 is 15.6 Å². The molecule has 0 unspecified atom stereocenters. The number of carbonyl (C=O) groups is 3. The number of aryl methyl sites for hydroxylation is 1. The van der Waals surface area contributed by atoms with Crippen molar-refractivity contribution in [3.8, 4) is 17.1 Å². The van der Waals surface area contributed by atoms with Crippen molar-refractivity contribution in [2.75, 3.05) is 6.54 Å². The van der Waals surface area contributed by atoms with Gasteiger partial charge in [0.1, 0.15) is 18.0 Å². The Morgan fingerprint density at radius 3 is 2.51 bits per heavy atom. The van der Waals surface area contributed by atoms with Crippen LogP contribution in [-0.2, 0) is 38.6 Å². The number of aromatic nitrogens is 2. The summed E-state index contributed by atoms with van der Waals surface area (Å²) in [5, 5.41) is 3.74. The van der Waals surface area contributed by atoms with Crippen molar-refractivity contribution in [3.63, 3.8) is 0 Å². The smallest absolute Gasteiger partial charge is 0.407 e. The van der Waals surface area contributed by atoms with Crippen molar-refractivity contribution < 1.29 is 28.6 Å². The number of amides is 1. The first-order valence-corrected chi connectivity index (χ1v) is 16.0. The number of rotatable bonds is 6. The van der Waals surface area contributed by atoms with Crippen molar-refractivity contribution in [1.29, 1.82) is 0 Å². The van der Waals surface area contributed by atoms with Gasteiger partial charge in [-0.15, -0.1) is 0 Å². The van der Waals surface area contributed by atoms with E-state index in [4.69, 9.17) is 19.2 Å². The number of hydrogen-bond acceptors (Lipinski definition) is 8. The first-order chi connectivity index (χ1) is 21.5. The summed E-state index contributed by atoms with van der Waals surface area (Å²) in [6.45, 7) is 10.4. The third-order valence-corrected chi connectivity index (χ3v) is 9.28. The van der Waals surface area contributed by atoms with Gasteiger partial charge in [0.05, 0.1) is 40.8 Å². The topological polar surface area (TPSA) is 126 Å². The summed E-state index contributed by atoms with van der Waals surface area (Å²) in [5.41, 5.74) is 4.90. The molecule has 4 heterocycles. The third-order valence-electron chi connectivity index (χ3n) is 9.28. The van der Waals surface area contributed by atoms with E-state index >= 15 is 0 Å². The molecule has 1 fully saturated rings. The van der Waals surface area contributed by atoms with E-state index in [2.05, 4.69) is 12.2 Å². The van der Waals surface area contributed by atoms with Crippen LogP contribution in [0.3, 0.4) is 0 Å². The summed E-state index contributed by atoms with van der Waals surface area (Å²) in [4.78, 5) is 56.1. The van der Waals surface area contributed by atoms with Crippen molar-refractivity contribution in [2.45, 2.75) is 97.8 Å². The molecule has 10 heteroatoms. The molecule has 1 aliphatic carbocycles. The van der Waals surface area contributed by atoms with E-state index in [1.807, 2.05) is 45.9 Å². The molecule has 1 atom stereocenters. The standard InChI is InChI=1S/C35H41N3O7/c1-6-22-25-14-21(44-32(40)20-10-8-19(9-11-20)16-36-34(42)45-35(3,4)5)12-13-28(25)37-30-26(22)17-38-29(30)15-24-23(7-2)33(41)43-18-27(24)31(38)39/h12-15,19-20,23H,6-11,16-18H2,1-5H3,(H,36,42)/t19?,20?,23-/m1/s1. The lowest BCUT2D eigenvalue weighted by atomic mass is 9.82. The summed E-state index contributed by atoms with van der Waals surface area (Å²) in [6, 6.07) is 7.47. The molecule has 3 aromatic rings. The van der Waals surface area contributed by atoms with Crippen molar-refractivity contribution in [3.05, 3.63) is 56.9 Å². The molecule has 0 spiro atoms. The van der Waals surface area contributed by atoms with Crippen LogP contribution in [0.1, 0.15) is 94.9 Å². The summed E-state index contributed by atoms with van der Waals surface area (Å²) in [5.74, 6) is -0.417. The Hall–Kier alpha value is -4.21. The maximum atomic E-state index is 13.6. The first kappa shape index (κ1) is 30.8. The molecule has 2 aromatic heterocycles. The molecule has 1 saturated carbocycles. The molecular weight excluding hydrogens is 574 g/mol. The average Bonchev–Trinajstić information content (AvgIpc) is 3.36. The van der Waals surface area contributed by atoms with Crippen molar-refractivity contribution in [1.82, 2.24) is 14.9 Å². The average molecular weight is 616 g/mol. The van der Waals surface area contributed by atoms with Gasteiger partial charge in [-0.1, -0.05) is 13.8 Å². The van der Waals surface area contributed by atoms with E-state index in [0.717, 1.165) is 51.8 Å². The van der Waals surface area contributed by atoms with E-state index in [0.29, 0.717) is 56.0 Å². The van der Waals surface area contributed by atoms with E-state index in [9.17, 15) is 19.2 Å². The highest BCUT2D eigenvalue weighted by Gasteiger charge is 2.35. The van der Waals surface area contributed by atoms with E-state index in [1.165, 1.54) is 0 Å². The molecule has 45 heavy (non-hydrogen) atoms. The SMILES string of the molecule is CCc1c2c(nc3ccc(OC(=O)C4CCC(CNC(=O)OC(C)(C)C)CC4)cc13)-c1cc3c(c(=O)n1C2)COC(=O)[C@@H]3CC. The lowest BCUT2D eigenvalue weighted by Crippen LogP contribution is -2.36. The third kappa shape index (κ3) is 5.94. The van der Waals surface area contributed by atoms with Crippen LogP contribution in [0.5, 0.6) is 5.75 Å². The number of benzene rings is 1. The Balaban J connectivity index is 1.18. The van der Waals surface area contributed by atoms with Crippen LogP contribution in [0, 0.1) is 11.8 Å². The van der Waals surface area contributed by atoms with Gasteiger partial charge in [0.2, 0.25) is 0 Å². The molecule has 1 N–H and O–H groups in total. The minimum atomic E-state index is -0.539. The molecular formula is C35H41N3O7. The van der Waals surface area contributed by atoms with Crippen LogP contribution >= 0.6 is 0 Å². The largest absolute Gasteiger partial charge is 0.460 e. The van der Waals surface area contributed by atoms with Crippen molar-refractivity contribution in [2.24, 2.45) is 11.8 Å². The molecule has 6 rings (SSSR count). The number of nitrogens with one attached hydrogen (secondary N) is 1. The highest BCUT2D eigenvalue weighted by atomic mass is 16.6. The van der Waals surface area contributed by atoms with Crippen LogP contribution in [0.4, 0.5) is 4.79 Å². The number of nitrogens with zero attached hydrogens (tertiary/aromatic N) is 2. The molecule has 2 aliphatic heterocycles. The molecule has 0 saturated heterocycles. The fourth-order valence-corrected chi connectivity index (χ4v) is 6.97. The molecule has 0 bridgehead atoms. The molecule has 0 radical (unpaired) electrons. The van der Waals surface area contributed by atoms with Gasteiger partial charge in [-0.2, -0.15) is 0 Å². The minimum absolute atomic E-state index is 0.00445. The second-order valence-corrected chi connectivity index (χ2v) is 13.4. The Labute approximate surface area is 262 Å². The fraction of sp³-hybridized carbons (Fsp3) is 0.514. The number of fused-ring (bicyclic) bond motifs is 5. The number of pyridine rings is 2. The Kier molecular flexibility index (Phi) is 8.18. The maximum absolute atomic E-state index is 13.6. The van der Waals surface area contributed by atoms with Gasteiger partial charge in [0.15, 0.2) is 0 Å². The zero-order chi connectivity index (χ0) is 32.0. The Bertz CT molecular complexity index is 1740. The second-order valence-electron chi connectivity index (χ2n) is 13.4. The predicted octanol–water partition coefficient (Wildman–Crippen LogP) is 5.77. The maximum Gasteiger partial charge on any atom is 0.407 e. The fourth-order valence-electron chi connectivity index (χ4n) is 6.97. The van der Waals surface area contributed by atoms with E-state index < -0.39 is 17.6 Å². The van der Waals surface area contributed by atoms with Gasteiger partial charge in [0.25, 0.3) is 5.56 Å². The summed E-state index contributed by atoms with van der Waals surface area (Å²) >= 11 is 0. The van der Waals surface area contributed by atoms with Gasteiger partial charge >= 0.3 is 18.0 Å². The Morgan fingerprint density at radius 2 is 1.82 bits per heavy atom. The summed E-state index contributed by atoms with van der Waals surface area (Å²) < 4.78 is 18.3. The lowest BCUT2D eigenvalue weighted by molar-refractivity contribution is -0.148. The number of alkyl carbamates (subject to hydrolysis) is 1. The Morgan fingerprint density at radius 1 is 1.07 bits per heavy atom. The number of hydrogen-bond donors (Lipinski definition) is 1. The number of esters is 2. The molecule has 1 amide bonds. The van der Waals surface area contributed by atoms with Gasteiger partial charge in [0, 0.05) is 17.5 Å². The van der Waals surface area contributed by atoms with Crippen LogP contribution in [0.15, 0.2) is 29.1 Å². The van der Waals surface area contributed by atoms with E-state index in [-0.39, 0.29) is 30.0 Å². The zero-order valence-corrected chi connectivity index (χ0v) is 26.7. The monoisotopic (exact) mass is 615 g/mol. The highest BCUT2D eigenvalue weighted by Crippen LogP contribution is 2.40. The first-order valence-electron chi connectivity index (χ1n) is 16.0. The molecule has 238 valence electrons. The van der Waals surface area contributed by atoms with Gasteiger partial charge < -0.3 is 24.1 Å². The minimum Gasteiger partial charge on any atom is -0.460 e. The number of ether oxygens (including phenoxy) is 3. The van der Waals surface area contributed by atoms with E-state index in [1.54, 1.807) is 10.6 Å².